The molecule has 20 heavy (non-hydrogen) atoms. The van der Waals surface area contributed by atoms with Gasteiger partial charge in [-0.05, 0) is 24.8 Å². The van der Waals surface area contributed by atoms with E-state index < -0.39 is 0 Å². The number of aromatic nitrogens is 1. The number of hydrogen-bond donors (Lipinski definition) is 1. The second-order valence-corrected chi connectivity index (χ2v) is 5.75. The Kier molecular flexibility index (Phi) is 10.2. The molecule has 0 aliphatic rings. The van der Waals surface area contributed by atoms with Crippen LogP contribution in [0.2, 0.25) is 0 Å². The number of hydrogen-bond acceptors (Lipinski definition) is 1. The van der Waals surface area contributed by atoms with E-state index >= 15 is 0 Å². The maximum atomic E-state index is 8.69. The van der Waals surface area contributed by atoms with Crippen LogP contribution >= 0.6 is 0 Å². The van der Waals surface area contributed by atoms with E-state index in [0.717, 1.165) is 13.0 Å². The molecule has 2 nitrogen and oxygen atoms in total. The lowest BCUT2D eigenvalue weighted by molar-refractivity contribution is -0.697. The van der Waals surface area contributed by atoms with Gasteiger partial charge in [-0.25, -0.2) is 4.57 Å². The van der Waals surface area contributed by atoms with Crippen molar-refractivity contribution in [1.82, 2.24) is 0 Å². The van der Waals surface area contributed by atoms with Gasteiger partial charge in [0.25, 0.3) is 0 Å². The van der Waals surface area contributed by atoms with Crippen LogP contribution in [0, 0.1) is 0 Å². The Balaban J connectivity index is 1.98. The number of unbranched alkanes of at least 4 members (excludes halogenated alkanes) is 7. The number of nitrogens with zero attached hydrogens (tertiary/aromatic N) is 1. The fourth-order valence-corrected chi connectivity index (χ4v) is 2.56. The van der Waals surface area contributed by atoms with E-state index in [9.17, 15) is 0 Å². The summed E-state index contributed by atoms with van der Waals surface area (Å²) in [5, 5.41) is 8.69. The van der Waals surface area contributed by atoms with Gasteiger partial charge in [-0.15, -0.1) is 0 Å². The third-order valence-electron chi connectivity index (χ3n) is 3.82. The number of aliphatic hydroxyl groups excluding tert-OH is 1. The maximum absolute atomic E-state index is 8.69. The van der Waals surface area contributed by atoms with Crippen LogP contribution in [0.25, 0.3) is 0 Å². The van der Waals surface area contributed by atoms with Crippen molar-refractivity contribution >= 4 is 0 Å². The first-order chi connectivity index (χ1) is 9.86. The molecule has 0 radical (unpaired) electrons. The van der Waals surface area contributed by atoms with Crippen molar-refractivity contribution in [2.75, 3.05) is 6.61 Å². The Labute approximate surface area is 124 Å². The predicted molar refractivity (Wildman–Crippen MR) is 84.7 cm³/mol. The van der Waals surface area contributed by atoms with E-state index in [1.54, 1.807) is 0 Å². The Hall–Kier alpha value is -0.890. The average molecular weight is 278 g/mol. The van der Waals surface area contributed by atoms with Gasteiger partial charge in [0.15, 0.2) is 12.4 Å². The second kappa shape index (κ2) is 11.9. The minimum absolute atomic E-state index is 0.355. The summed E-state index contributed by atoms with van der Waals surface area (Å²) in [5.41, 5.74) is 1.45. The summed E-state index contributed by atoms with van der Waals surface area (Å²) in [5.74, 6) is 0. The van der Waals surface area contributed by atoms with Crippen LogP contribution in [0.4, 0.5) is 0 Å². The van der Waals surface area contributed by atoms with Gasteiger partial charge >= 0.3 is 0 Å². The molecule has 114 valence electrons. The molecule has 1 N–H and O–H groups in total. The number of pyridine rings is 1. The topological polar surface area (TPSA) is 24.1 Å². The highest BCUT2D eigenvalue weighted by atomic mass is 16.2. The lowest BCUT2D eigenvalue weighted by atomic mass is 10.1. The molecule has 0 spiro atoms. The molecular weight excluding hydrogens is 246 g/mol. The third kappa shape index (κ3) is 8.31. The first kappa shape index (κ1) is 17.2. The van der Waals surface area contributed by atoms with Gasteiger partial charge in [0.05, 0.1) is 0 Å². The third-order valence-corrected chi connectivity index (χ3v) is 3.82. The van der Waals surface area contributed by atoms with Gasteiger partial charge in [0.2, 0.25) is 0 Å². The molecule has 0 atom stereocenters. The summed E-state index contributed by atoms with van der Waals surface area (Å²) < 4.78 is 2.31. The average Bonchev–Trinajstić information content (AvgIpc) is 2.47. The highest BCUT2D eigenvalue weighted by Crippen LogP contribution is 2.08. The molecule has 1 aromatic rings. The molecule has 0 amide bonds. The molecule has 0 bridgehead atoms. The van der Waals surface area contributed by atoms with Crippen molar-refractivity contribution in [2.24, 2.45) is 0 Å². The van der Waals surface area contributed by atoms with Crippen molar-refractivity contribution in [3.05, 3.63) is 30.1 Å². The van der Waals surface area contributed by atoms with E-state index in [1.165, 1.54) is 63.4 Å². The summed E-state index contributed by atoms with van der Waals surface area (Å²) in [6.45, 7) is 3.73. The molecule has 1 rings (SSSR count). The Morgan fingerprint density at radius 3 is 1.95 bits per heavy atom. The predicted octanol–water partition coefficient (Wildman–Crippen LogP) is 4.04. The van der Waals surface area contributed by atoms with Crippen LogP contribution in [0.1, 0.15) is 70.3 Å². The van der Waals surface area contributed by atoms with Crippen LogP contribution in [0.15, 0.2) is 24.5 Å². The van der Waals surface area contributed by atoms with Crippen LogP contribution in [0.3, 0.4) is 0 Å². The zero-order valence-corrected chi connectivity index (χ0v) is 13.2. The van der Waals surface area contributed by atoms with Crippen molar-refractivity contribution in [3.8, 4) is 0 Å². The molecule has 0 saturated carbocycles. The van der Waals surface area contributed by atoms with Crippen molar-refractivity contribution in [3.63, 3.8) is 0 Å². The number of aryl methyl sites for hydroxylation is 2. The quantitative estimate of drug-likeness (QED) is 0.453. The molecule has 0 aliphatic carbocycles. The van der Waals surface area contributed by atoms with Gasteiger partial charge < -0.3 is 5.11 Å². The van der Waals surface area contributed by atoms with Crippen LogP contribution in [-0.2, 0) is 13.0 Å². The molecule has 0 unspecified atom stereocenters. The molecular formula is C18H32NO+. The molecule has 2 heteroatoms. The summed E-state index contributed by atoms with van der Waals surface area (Å²) in [4.78, 5) is 0. The summed E-state index contributed by atoms with van der Waals surface area (Å²) in [7, 11) is 0. The zero-order valence-electron chi connectivity index (χ0n) is 13.2. The van der Waals surface area contributed by atoms with Crippen molar-refractivity contribution < 1.29 is 9.67 Å². The highest BCUT2D eigenvalue weighted by molar-refractivity contribution is 5.06. The van der Waals surface area contributed by atoms with E-state index in [1.807, 2.05) is 0 Å². The second-order valence-electron chi connectivity index (χ2n) is 5.75. The molecule has 0 saturated heterocycles. The minimum atomic E-state index is 0.355. The Bertz CT molecular complexity index is 321. The van der Waals surface area contributed by atoms with E-state index in [4.69, 9.17) is 5.11 Å². The zero-order chi connectivity index (χ0) is 14.5. The summed E-state index contributed by atoms with van der Waals surface area (Å²) >= 11 is 0. The van der Waals surface area contributed by atoms with E-state index in [2.05, 4.69) is 36.0 Å². The van der Waals surface area contributed by atoms with Crippen molar-refractivity contribution in [2.45, 2.75) is 77.7 Å². The van der Waals surface area contributed by atoms with Gasteiger partial charge in [0.1, 0.15) is 6.54 Å². The molecule has 1 heterocycles. The van der Waals surface area contributed by atoms with E-state index in [0.29, 0.717) is 6.61 Å². The van der Waals surface area contributed by atoms with Gasteiger partial charge in [-0.2, -0.15) is 0 Å². The highest BCUT2D eigenvalue weighted by Gasteiger charge is 2.00. The Morgan fingerprint density at radius 2 is 1.40 bits per heavy atom. The monoisotopic (exact) mass is 278 g/mol. The SMILES string of the molecule is CCCc1cc[n+](CCCCCCCCCCO)cc1. The van der Waals surface area contributed by atoms with Gasteiger partial charge in [0, 0.05) is 25.2 Å². The van der Waals surface area contributed by atoms with Crippen LogP contribution in [0.5, 0.6) is 0 Å². The number of rotatable bonds is 12. The standard InChI is InChI=1S/C18H32NO/c1-2-11-18-12-15-19(16-13-18)14-9-7-5-3-4-6-8-10-17-20/h12-13,15-16,20H,2-11,14,17H2,1H3/q+1. The molecule has 0 fully saturated rings. The van der Waals surface area contributed by atoms with Gasteiger partial charge in [-0.1, -0.05) is 45.4 Å². The minimum Gasteiger partial charge on any atom is -0.396 e. The fourth-order valence-electron chi connectivity index (χ4n) is 2.56. The largest absolute Gasteiger partial charge is 0.396 e. The van der Waals surface area contributed by atoms with Crippen molar-refractivity contribution in [1.29, 1.82) is 0 Å². The first-order valence-electron chi connectivity index (χ1n) is 8.45. The molecule has 1 aromatic heterocycles. The number of aliphatic hydroxyl groups is 1. The molecule has 0 aromatic carbocycles. The summed E-state index contributed by atoms with van der Waals surface area (Å²) in [6, 6.07) is 4.51. The Morgan fingerprint density at radius 1 is 0.850 bits per heavy atom. The summed E-state index contributed by atoms with van der Waals surface area (Å²) in [6.07, 6.45) is 17.0. The van der Waals surface area contributed by atoms with Gasteiger partial charge in [-0.3, -0.25) is 0 Å². The van der Waals surface area contributed by atoms with Crippen LogP contribution in [-0.4, -0.2) is 11.7 Å². The smallest absolute Gasteiger partial charge is 0.169 e. The van der Waals surface area contributed by atoms with Crippen LogP contribution < -0.4 is 4.57 Å². The first-order valence-corrected chi connectivity index (χ1v) is 8.45. The maximum Gasteiger partial charge on any atom is 0.169 e. The lowest BCUT2D eigenvalue weighted by Crippen LogP contribution is -2.32. The van der Waals surface area contributed by atoms with E-state index in [-0.39, 0.29) is 0 Å². The fraction of sp³-hybridized carbons (Fsp3) is 0.722. The molecule has 0 aliphatic heterocycles. The normalized spacial score (nSPS) is 10.9. The lowest BCUT2D eigenvalue weighted by Gasteiger charge is -2.01.